The molecule has 302 valence electrons. The van der Waals surface area contributed by atoms with Crippen molar-refractivity contribution in [2.24, 2.45) is 0 Å². The predicted octanol–water partition coefficient (Wildman–Crippen LogP) is 11.1. The van der Waals surface area contributed by atoms with Gasteiger partial charge in [-0.25, -0.2) is 0 Å². The minimum Gasteiger partial charge on any atom is -0.463 e. The van der Waals surface area contributed by atoms with E-state index in [0.29, 0.717) is 6.42 Å². The van der Waals surface area contributed by atoms with Crippen LogP contribution in [0.2, 0.25) is 0 Å². The summed E-state index contributed by atoms with van der Waals surface area (Å²) >= 11 is 0. The van der Waals surface area contributed by atoms with Crippen molar-refractivity contribution < 1.29 is 38.7 Å². The normalized spacial score (nSPS) is 20.5. The Bertz CT molecular complexity index is 788. The van der Waals surface area contributed by atoms with Crippen molar-refractivity contribution >= 4 is 11.9 Å². The lowest BCUT2D eigenvalue weighted by Crippen LogP contribution is -2.60. The number of unbranched alkanes of at least 4 members (excludes halogenated alkanes) is 28. The van der Waals surface area contributed by atoms with Gasteiger partial charge in [-0.2, -0.15) is 0 Å². The second kappa shape index (κ2) is 34.5. The first-order valence-corrected chi connectivity index (χ1v) is 21.8. The SMILES string of the molecule is CCCCCCCCCCCCCCCCCC(=O)OCC1OC(OC)C(OC(=O)CCCCCCCCCCCCCCCCC)[C@@H](O)[C@H]1O. The van der Waals surface area contributed by atoms with Gasteiger partial charge in [-0.3, -0.25) is 9.59 Å². The number of rotatable bonds is 36. The molecule has 1 aliphatic heterocycles. The average Bonchev–Trinajstić information content (AvgIpc) is 3.13. The standard InChI is InChI=1S/C43H82O8/c1-4-6-8-10-12-14-16-18-20-22-24-26-28-30-32-34-38(44)49-36-37-40(46)41(47)42(43(48-3)50-37)51-39(45)35-33-31-29-27-25-23-21-19-17-15-13-11-9-7-5-2/h37,40-43,46-47H,4-36H2,1-3H3/t37?,40-,41-,42?,43?/m0/s1. The van der Waals surface area contributed by atoms with Crippen LogP contribution in [-0.2, 0) is 28.5 Å². The van der Waals surface area contributed by atoms with Gasteiger partial charge in [0.2, 0.25) is 0 Å². The first kappa shape index (κ1) is 47.8. The molecule has 1 aliphatic rings. The van der Waals surface area contributed by atoms with Gasteiger partial charge in [-0.15, -0.1) is 0 Å². The van der Waals surface area contributed by atoms with E-state index in [1.807, 2.05) is 0 Å². The number of carbonyl (C=O) groups is 2. The molecule has 5 atom stereocenters. The molecule has 8 heteroatoms. The summed E-state index contributed by atoms with van der Waals surface area (Å²) in [5, 5.41) is 21.4. The van der Waals surface area contributed by atoms with Crippen molar-refractivity contribution in [1.82, 2.24) is 0 Å². The Morgan fingerprint density at radius 2 is 0.824 bits per heavy atom. The average molecular weight is 727 g/mol. The third kappa shape index (κ3) is 26.2. The zero-order chi connectivity index (χ0) is 37.2. The highest BCUT2D eigenvalue weighted by molar-refractivity contribution is 5.69. The summed E-state index contributed by atoms with van der Waals surface area (Å²) < 4.78 is 22.0. The maximum Gasteiger partial charge on any atom is 0.306 e. The quantitative estimate of drug-likeness (QED) is 0.0485. The third-order valence-corrected chi connectivity index (χ3v) is 10.5. The maximum atomic E-state index is 12.5. The van der Waals surface area contributed by atoms with Gasteiger partial charge in [0.05, 0.1) is 0 Å². The van der Waals surface area contributed by atoms with Crippen molar-refractivity contribution in [3.8, 4) is 0 Å². The molecule has 2 N–H and O–H groups in total. The molecule has 0 aromatic heterocycles. The Balaban J connectivity index is 2.07. The van der Waals surface area contributed by atoms with Gasteiger partial charge in [0.15, 0.2) is 12.4 Å². The first-order chi connectivity index (χ1) is 24.9. The topological polar surface area (TPSA) is 112 Å². The number of hydrogen-bond donors (Lipinski definition) is 2. The molecule has 51 heavy (non-hydrogen) atoms. The van der Waals surface area contributed by atoms with E-state index >= 15 is 0 Å². The molecule has 3 unspecified atom stereocenters. The minimum atomic E-state index is -1.41. The summed E-state index contributed by atoms with van der Waals surface area (Å²) in [6.07, 6.45) is 32.3. The lowest BCUT2D eigenvalue weighted by Gasteiger charge is -2.41. The Morgan fingerprint density at radius 1 is 0.490 bits per heavy atom. The molecule has 0 aromatic carbocycles. The number of aliphatic hydroxyl groups is 2. The molecule has 1 saturated heterocycles. The van der Waals surface area contributed by atoms with E-state index < -0.39 is 36.7 Å². The van der Waals surface area contributed by atoms with Crippen molar-refractivity contribution in [3.05, 3.63) is 0 Å². The van der Waals surface area contributed by atoms with Crippen LogP contribution in [0, 0.1) is 0 Å². The van der Waals surface area contributed by atoms with Crippen LogP contribution in [0.5, 0.6) is 0 Å². The number of carbonyl (C=O) groups excluding carboxylic acids is 2. The summed E-state index contributed by atoms with van der Waals surface area (Å²) in [6, 6.07) is 0. The highest BCUT2D eigenvalue weighted by Crippen LogP contribution is 2.26. The van der Waals surface area contributed by atoms with Gasteiger partial charge in [0.25, 0.3) is 0 Å². The number of hydrogen-bond acceptors (Lipinski definition) is 8. The van der Waals surface area contributed by atoms with E-state index in [4.69, 9.17) is 18.9 Å². The molecular weight excluding hydrogens is 644 g/mol. The Kier molecular flexibility index (Phi) is 32.4. The Morgan fingerprint density at radius 3 is 1.18 bits per heavy atom. The highest BCUT2D eigenvalue weighted by atomic mass is 16.7. The summed E-state index contributed by atoms with van der Waals surface area (Å²) in [4.78, 5) is 24.9. The van der Waals surface area contributed by atoms with Crippen molar-refractivity contribution in [2.75, 3.05) is 13.7 Å². The molecule has 8 nitrogen and oxygen atoms in total. The third-order valence-electron chi connectivity index (χ3n) is 10.5. The van der Waals surface area contributed by atoms with E-state index in [1.54, 1.807) is 0 Å². The van der Waals surface area contributed by atoms with Crippen LogP contribution >= 0.6 is 0 Å². The van der Waals surface area contributed by atoms with Crippen LogP contribution in [0.3, 0.4) is 0 Å². The predicted molar refractivity (Wildman–Crippen MR) is 208 cm³/mol. The largest absolute Gasteiger partial charge is 0.463 e. The van der Waals surface area contributed by atoms with E-state index in [0.717, 1.165) is 38.5 Å². The van der Waals surface area contributed by atoms with Gasteiger partial charge < -0.3 is 29.2 Å². The van der Waals surface area contributed by atoms with Crippen LogP contribution in [0.1, 0.15) is 219 Å². The van der Waals surface area contributed by atoms with Crippen molar-refractivity contribution in [1.29, 1.82) is 0 Å². The summed E-state index contributed by atoms with van der Waals surface area (Å²) in [7, 11) is 1.39. The Labute approximate surface area is 313 Å². The van der Waals surface area contributed by atoms with E-state index in [-0.39, 0.29) is 19.0 Å². The lowest BCUT2D eigenvalue weighted by molar-refractivity contribution is -0.298. The molecule has 1 heterocycles. The van der Waals surface area contributed by atoms with E-state index in [9.17, 15) is 19.8 Å². The zero-order valence-corrected chi connectivity index (χ0v) is 33.6. The smallest absolute Gasteiger partial charge is 0.306 e. The molecule has 0 bridgehead atoms. The minimum absolute atomic E-state index is 0.199. The fourth-order valence-corrected chi connectivity index (χ4v) is 7.10. The van der Waals surface area contributed by atoms with Crippen LogP contribution < -0.4 is 0 Å². The van der Waals surface area contributed by atoms with Gasteiger partial charge in [0.1, 0.15) is 24.9 Å². The van der Waals surface area contributed by atoms with Crippen molar-refractivity contribution in [2.45, 2.75) is 250 Å². The number of ether oxygens (including phenoxy) is 4. The fraction of sp³-hybridized carbons (Fsp3) is 0.953. The monoisotopic (exact) mass is 727 g/mol. The Hall–Kier alpha value is -1.22. The van der Waals surface area contributed by atoms with Gasteiger partial charge in [0, 0.05) is 20.0 Å². The zero-order valence-electron chi connectivity index (χ0n) is 33.6. The van der Waals surface area contributed by atoms with Crippen LogP contribution in [0.15, 0.2) is 0 Å². The molecular formula is C43H82O8. The van der Waals surface area contributed by atoms with E-state index in [2.05, 4.69) is 13.8 Å². The van der Waals surface area contributed by atoms with E-state index in [1.165, 1.54) is 161 Å². The number of methoxy groups -OCH3 is 1. The van der Waals surface area contributed by atoms with Crippen molar-refractivity contribution in [3.63, 3.8) is 0 Å². The van der Waals surface area contributed by atoms with Gasteiger partial charge in [-0.05, 0) is 12.8 Å². The van der Waals surface area contributed by atoms with Gasteiger partial charge in [-0.1, -0.05) is 194 Å². The first-order valence-electron chi connectivity index (χ1n) is 21.8. The second-order valence-corrected chi connectivity index (χ2v) is 15.3. The summed E-state index contributed by atoms with van der Waals surface area (Å²) in [5.41, 5.74) is 0. The maximum absolute atomic E-state index is 12.5. The molecule has 0 amide bonds. The summed E-state index contributed by atoms with van der Waals surface area (Å²) in [5.74, 6) is -0.791. The molecule has 1 rings (SSSR count). The molecule has 0 aromatic rings. The van der Waals surface area contributed by atoms with Crippen LogP contribution in [0.25, 0.3) is 0 Å². The van der Waals surface area contributed by atoms with Gasteiger partial charge >= 0.3 is 11.9 Å². The highest BCUT2D eigenvalue weighted by Gasteiger charge is 2.47. The molecule has 0 spiro atoms. The van der Waals surface area contributed by atoms with Crippen LogP contribution in [-0.4, -0.2) is 66.6 Å². The van der Waals surface area contributed by atoms with Crippen LogP contribution in [0.4, 0.5) is 0 Å². The number of aliphatic hydroxyl groups excluding tert-OH is 2. The fourth-order valence-electron chi connectivity index (χ4n) is 7.10. The molecule has 0 aliphatic carbocycles. The molecule has 1 fully saturated rings. The molecule has 0 saturated carbocycles. The molecule has 0 radical (unpaired) electrons. The summed E-state index contributed by atoms with van der Waals surface area (Å²) in [6.45, 7) is 4.33. The second-order valence-electron chi connectivity index (χ2n) is 15.3. The number of esters is 2. The lowest BCUT2D eigenvalue weighted by atomic mass is 9.99.